The van der Waals surface area contributed by atoms with E-state index >= 15 is 0 Å². The number of anilines is 2. The Balaban J connectivity index is 2.80. The number of carbonyl (C=O) groups excluding carboxylic acids is 1. The van der Waals surface area contributed by atoms with Crippen LogP contribution in [0.25, 0.3) is 0 Å². The number of nitrogen functional groups attached to an aromatic ring is 1. The Labute approximate surface area is 102 Å². The summed E-state index contributed by atoms with van der Waals surface area (Å²) in [6, 6.07) is 1.87. The normalized spacial score (nSPS) is 12.0. The standard InChI is InChI=1S/C12H20N4O/c1-8-5-6-15-11(10(8)13)16(4)7-9(2)12(17)14-3/h5-6,9H,7,13H2,1-4H3,(H,14,17). The van der Waals surface area contributed by atoms with Crippen molar-refractivity contribution in [3.05, 3.63) is 17.8 Å². The lowest BCUT2D eigenvalue weighted by atomic mass is 10.1. The van der Waals surface area contributed by atoms with Gasteiger partial charge in [-0.1, -0.05) is 6.92 Å². The van der Waals surface area contributed by atoms with Gasteiger partial charge in [0.25, 0.3) is 0 Å². The molecule has 1 rings (SSSR count). The van der Waals surface area contributed by atoms with Gasteiger partial charge in [-0.05, 0) is 18.6 Å². The molecule has 5 nitrogen and oxygen atoms in total. The largest absolute Gasteiger partial charge is 0.396 e. The van der Waals surface area contributed by atoms with E-state index in [2.05, 4.69) is 10.3 Å². The van der Waals surface area contributed by atoms with Gasteiger partial charge in [0.05, 0.1) is 11.6 Å². The Morgan fingerprint density at radius 1 is 1.65 bits per heavy atom. The van der Waals surface area contributed by atoms with Crippen LogP contribution in [0.1, 0.15) is 12.5 Å². The minimum atomic E-state index is -0.105. The van der Waals surface area contributed by atoms with Gasteiger partial charge in [-0.25, -0.2) is 4.98 Å². The molecule has 1 atom stereocenters. The van der Waals surface area contributed by atoms with E-state index in [0.29, 0.717) is 12.2 Å². The molecule has 0 aromatic carbocycles. The molecule has 94 valence electrons. The van der Waals surface area contributed by atoms with Gasteiger partial charge < -0.3 is 16.0 Å². The van der Waals surface area contributed by atoms with Gasteiger partial charge in [-0.2, -0.15) is 0 Å². The number of nitrogens with two attached hydrogens (primary N) is 1. The van der Waals surface area contributed by atoms with E-state index in [9.17, 15) is 4.79 Å². The van der Waals surface area contributed by atoms with E-state index < -0.39 is 0 Å². The zero-order valence-electron chi connectivity index (χ0n) is 10.8. The van der Waals surface area contributed by atoms with E-state index in [0.717, 1.165) is 11.4 Å². The molecule has 0 bridgehead atoms. The van der Waals surface area contributed by atoms with Crippen LogP contribution in [0.2, 0.25) is 0 Å². The van der Waals surface area contributed by atoms with Crippen molar-refractivity contribution in [2.24, 2.45) is 5.92 Å². The van der Waals surface area contributed by atoms with Crippen LogP contribution in [-0.4, -0.2) is 31.5 Å². The van der Waals surface area contributed by atoms with Gasteiger partial charge in [0.1, 0.15) is 0 Å². The second-order valence-corrected chi connectivity index (χ2v) is 4.26. The summed E-state index contributed by atoms with van der Waals surface area (Å²) in [5, 5.41) is 2.63. The maximum absolute atomic E-state index is 11.4. The van der Waals surface area contributed by atoms with Crippen molar-refractivity contribution in [1.29, 1.82) is 0 Å². The second-order valence-electron chi connectivity index (χ2n) is 4.26. The first-order valence-corrected chi connectivity index (χ1v) is 5.61. The zero-order valence-corrected chi connectivity index (χ0v) is 10.8. The van der Waals surface area contributed by atoms with Gasteiger partial charge in [-0.3, -0.25) is 4.79 Å². The fourth-order valence-corrected chi connectivity index (χ4v) is 1.69. The molecule has 0 spiro atoms. The predicted octanol–water partition coefficient (Wildman–Crippen LogP) is 0.791. The molecular weight excluding hydrogens is 216 g/mol. The summed E-state index contributed by atoms with van der Waals surface area (Å²) < 4.78 is 0. The van der Waals surface area contributed by atoms with Crippen molar-refractivity contribution in [1.82, 2.24) is 10.3 Å². The third kappa shape index (κ3) is 3.09. The molecule has 1 unspecified atom stereocenters. The summed E-state index contributed by atoms with van der Waals surface area (Å²) in [5.74, 6) is 0.635. The van der Waals surface area contributed by atoms with Crippen LogP contribution < -0.4 is 16.0 Å². The van der Waals surface area contributed by atoms with E-state index in [1.165, 1.54) is 0 Å². The van der Waals surface area contributed by atoms with Crippen LogP contribution in [0.5, 0.6) is 0 Å². The Morgan fingerprint density at radius 3 is 2.88 bits per heavy atom. The number of nitrogens with zero attached hydrogens (tertiary/aromatic N) is 2. The number of amides is 1. The van der Waals surface area contributed by atoms with Crippen LogP contribution in [-0.2, 0) is 4.79 Å². The molecule has 5 heteroatoms. The van der Waals surface area contributed by atoms with E-state index in [-0.39, 0.29) is 11.8 Å². The first-order chi connectivity index (χ1) is 7.97. The van der Waals surface area contributed by atoms with Gasteiger partial charge in [0.15, 0.2) is 5.82 Å². The van der Waals surface area contributed by atoms with Crippen LogP contribution in [0.3, 0.4) is 0 Å². The highest BCUT2D eigenvalue weighted by atomic mass is 16.1. The van der Waals surface area contributed by atoms with Gasteiger partial charge in [0, 0.05) is 26.8 Å². The number of hydrogen-bond donors (Lipinski definition) is 2. The lowest BCUT2D eigenvalue weighted by molar-refractivity contribution is -0.123. The summed E-state index contributed by atoms with van der Waals surface area (Å²) in [6.45, 7) is 4.40. The lowest BCUT2D eigenvalue weighted by Gasteiger charge is -2.23. The third-order valence-corrected chi connectivity index (χ3v) is 2.79. The SMILES string of the molecule is CNC(=O)C(C)CN(C)c1nccc(C)c1N. The van der Waals surface area contributed by atoms with E-state index in [1.54, 1.807) is 13.2 Å². The van der Waals surface area contributed by atoms with Crippen LogP contribution in [0.4, 0.5) is 11.5 Å². The maximum atomic E-state index is 11.4. The summed E-state index contributed by atoms with van der Waals surface area (Å²) in [4.78, 5) is 17.6. The highest BCUT2D eigenvalue weighted by Gasteiger charge is 2.16. The van der Waals surface area contributed by atoms with Crippen molar-refractivity contribution >= 4 is 17.4 Å². The molecule has 3 N–H and O–H groups in total. The molecule has 0 aliphatic carbocycles. The number of rotatable bonds is 4. The van der Waals surface area contributed by atoms with E-state index in [1.807, 2.05) is 31.9 Å². The quantitative estimate of drug-likeness (QED) is 0.811. The van der Waals surface area contributed by atoms with Crippen molar-refractivity contribution in [2.45, 2.75) is 13.8 Å². The molecule has 0 aliphatic heterocycles. The minimum absolute atomic E-state index is 0.0167. The average Bonchev–Trinajstić information content (AvgIpc) is 2.31. The Hall–Kier alpha value is -1.78. The first-order valence-electron chi connectivity index (χ1n) is 5.61. The molecule has 0 fully saturated rings. The molecule has 1 heterocycles. The first kappa shape index (κ1) is 13.3. The topological polar surface area (TPSA) is 71.2 Å². The van der Waals surface area contributed by atoms with Crippen LogP contribution in [0, 0.1) is 12.8 Å². The molecule has 1 aromatic rings. The summed E-state index contributed by atoms with van der Waals surface area (Å²) in [5.41, 5.74) is 7.62. The lowest BCUT2D eigenvalue weighted by Crippen LogP contribution is -2.35. The molecule has 0 radical (unpaired) electrons. The Kier molecular flexibility index (Phi) is 4.31. The Bertz CT molecular complexity index is 405. The van der Waals surface area contributed by atoms with E-state index in [4.69, 9.17) is 5.73 Å². The van der Waals surface area contributed by atoms with Gasteiger partial charge in [-0.15, -0.1) is 0 Å². The number of aromatic nitrogens is 1. The van der Waals surface area contributed by atoms with Gasteiger partial charge >= 0.3 is 0 Å². The Morgan fingerprint density at radius 2 is 2.29 bits per heavy atom. The van der Waals surface area contributed by atoms with Crippen LogP contribution >= 0.6 is 0 Å². The predicted molar refractivity (Wildman–Crippen MR) is 69.9 cm³/mol. The minimum Gasteiger partial charge on any atom is -0.396 e. The summed E-state index contributed by atoms with van der Waals surface area (Å²) >= 11 is 0. The van der Waals surface area contributed by atoms with Crippen molar-refractivity contribution in [2.75, 3.05) is 31.3 Å². The third-order valence-electron chi connectivity index (χ3n) is 2.79. The average molecular weight is 236 g/mol. The fourth-order valence-electron chi connectivity index (χ4n) is 1.69. The molecule has 17 heavy (non-hydrogen) atoms. The number of aryl methyl sites for hydroxylation is 1. The van der Waals surface area contributed by atoms with Crippen molar-refractivity contribution < 1.29 is 4.79 Å². The summed E-state index contributed by atoms with van der Waals surface area (Å²) in [7, 11) is 3.52. The number of carbonyl (C=O) groups is 1. The highest BCUT2D eigenvalue weighted by Crippen LogP contribution is 2.22. The van der Waals surface area contributed by atoms with Crippen LogP contribution in [0.15, 0.2) is 12.3 Å². The van der Waals surface area contributed by atoms with Crippen molar-refractivity contribution in [3.8, 4) is 0 Å². The molecular formula is C12H20N4O. The number of hydrogen-bond acceptors (Lipinski definition) is 4. The van der Waals surface area contributed by atoms with Gasteiger partial charge in [0.2, 0.25) is 5.91 Å². The fraction of sp³-hybridized carbons (Fsp3) is 0.500. The molecule has 0 aliphatic rings. The maximum Gasteiger partial charge on any atom is 0.224 e. The monoisotopic (exact) mass is 236 g/mol. The molecule has 1 aromatic heterocycles. The molecule has 0 saturated carbocycles. The smallest absolute Gasteiger partial charge is 0.224 e. The highest BCUT2D eigenvalue weighted by molar-refractivity contribution is 5.79. The molecule has 1 amide bonds. The summed E-state index contributed by atoms with van der Waals surface area (Å²) in [6.07, 6.45) is 1.72. The zero-order chi connectivity index (χ0) is 13.0. The second kappa shape index (κ2) is 5.52. The molecule has 0 saturated heterocycles. The number of nitrogens with one attached hydrogen (secondary N) is 1. The van der Waals surface area contributed by atoms with Crippen molar-refractivity contribution in [3.63, 3.8) is 0 Å². The number of pyridine rings is 1.